The Hall–Kier alpha value is -3.86. The van der Waals surface area contributed by atoms with E-state index in [9.17, 15) is 14.7 Å². The van der Waals surface area contributed by atoms with Gasteiger partial charge in [0.2, 0.25) is 0 Å². The Morgan fingerprint density at radius 3 is 1.61 bits per heavy atom. The van der Waals surface area contributed by atoms with Crippen molar-refractivity contribution >= 4 is 11.6 Å². The zero-order valence-electron chi connectivity index (χ0n) is 19.8. The van der Waals surface area contributed by atoms with Crippen LogP contribution < -0.4 is 0 Å². The molecule has 1 N–H and O–H groups in total. The van der Waals surface area contributed by atoms with Crippen molar-refractivity contribution < 1.29 is 19.4 Å². The zero-order valence-corrected chi connectivity index (χ0v) is 19.8. The van der Waals surface area contributed by atoms with Crippen molar-refractivity contribution in [3.05, 3.63) is 143 Å². The molecule has 7 rings (SSSR count). The average Bonchev–Trinajstić information content (AvgIpc) is 3.36. The molecule has 3 aliphatic rings. The predicted molar refractivity (Wildman–Crippen MR) is 135 cm³/mol. The van der Waals surface area contributed by atoms with Crippen LogP contribution in [0.4, 0.5) is 0 Å². The second kappa shape index (κ2) is 6.88. The molecule has 0 amide bonds. The first-order chi connectivity index (χ1) is 17.6. The quantitative estimate of drug-likeness (QED) is 0.408. The minimum atomic E-state index is -1.38. The molecule has 1 saturated carbocycles. The summed E-state index contributed by atoms with van der Waals surface area (Å²) in [6.07, 6.45) is 0. The van der Waals surface area contributed by atoms with Gasteiger partial charge in [-0.3, -0.25) is 9.59 Å². The number of carbonyl (C=O) groups is 2. The van der Waals surface area contributed by atoms with Gasteiger partial charge in [-0.1, -0.05) is 109 Å². The van der Waals surface area contributed by atoms with Crippen LogP contribution in [0, 0.1) is 5.41 Å². The van der Waals surface area contributed by atoms with E-state index >= 15 is 0 Å². The van der Waals surface area contributed by atoms with Gasteiger partial charge >= 0.3 is 0 Å². The van der Waals surface area contributed by atoms with Crippen LogP contribution in [0.15, 0.2) is 109 Å². The van der Waals surface area contributed by atoms with Crippen LogP contribution in [0.1, 0.15) is 43.0 Å². The van der Waals surface area contributed by atoms with Gasteiger partial charge in [-0.25, -0.2) is 0 Å². The minimum absolute atomic E-state index is 0.161. The smallest absolute Gasteiger partial charge is 0.177 e. The number of hydrogen-bond acceptors (Lipinski definition) is 4. The summed E-state index contributed by atoms with van der Waals surface area (Å²) in [5.41, 5.74) is -0.847. The van der Waals surface area contributed by atoms with E-state index in [0.717, 1.165) is 22.3 Å². The molecule has 0 bridgehead atoms. The molecule has 4 heteroatoms. The molecule has 0 radical (unpaired) electrons. The lowest BCUT2D eigenvalue weighted by molar-refractivity contribution is 0.0171. The number of ether oxygens (including phenoxy) is 1. The van der Waals surface area contributed by atoms with Crippen LogP contribution in [0.3, 0.4) is 0 Å². The minimum Gasteiger partial charge on any atom is -0.395 e. The Bertz CT molecular complexity index is 1560. The van der Waals surface area contributed by atoms with Crippen LogP contribution in [0.2, 0.25) is 0 Å². The number of carbonyl (C=O) groups excluding carboxylic acids is 2. The highest BCUT2D eigenvalue weighted by Crippen LogP contribution is 2.94. The Labute approximate surface area is 209 Å². The number of aliphatic hydroxyl groups excluding tert-OH is 1. The summed E-state index contributed by atoms with van der Waals surface area (Å²) in [6, 6.07) is 33.7. The van der Waals surface area contributed by atoms with E-state index in [1.807, 2.05) is 84.9 Å². The highest BCUT2D eigenvalue weighted by atomic mass is 16.5. The molecule has 0 unspecified atom stereocenters. The molecule has 4 atom stereocenters. The van der Waals surface area contributed by atoms with Crippen molar-refractivity contribution in [2.45, 2.75) is 16.4 Å². The molecule has 1 fully saturated rings. The van der Waals surface area contributed by atoms with Crippen molar-refractivity contribution in [1.82, 2.24) is 0 Å². The number of methoxy groups -OCH3 is 1. The van der Waals surface area contributed by atoms with Gasteiger partial charge < -0.3 is 9.84 Å². The number of hydrogen-bond donors (Lipinski definition) is 1. The first-order valence-electron chi connectivity index (χ1n) is 12.2. The molecule has 4 nitrogen and oxygen atoms in total. The van der Waals surface area contributed by atoms with Gasteiger partial charge in [0.05, 0.1) is 12.0 Å². The molecule has 4 aromatic carbocycles. The highest BCUT2D eigenvalue weighted by Gasteiger charge is 3.05. The Morgan fingerprint density at radius 1 is 0.639 bits per heavy atom. The van der Waals surface area contributed by atoms with E-state index in [-0.39, 0.29) is 18.2 Å². The molecule has 0 aromatic heterocycles. The fourth-order valence-electron chi connectivity index (χ4n) is 8.14. The Morgan fingerprint density at radius 2 is 1.08 bits per heavy atom. The van der Waals surface area contributed by atoms with E-state index in [1.54, 1.807) is 31.4 Å². The van der Waals surface area contributed by atoms with Crippen molar-refractivity contribution in [2.75, 3.05) is 13.7 Å². The number of fused-ring (bicyclic) bond motifs is 7. The molecule has 0 heterocycles. The number of aliphatic hydroxyl groups is 1. The van der Waals surface area contributed by atoms with Crippen LogP contribution >= 0.6 is 0 Å². The second-order valence-electron chi connectivity index (χ2n) is 9.93. The average molecular weight is 473 g/mol. The summed E-state index contributed by atoms with van der Waals surface area (Å²) in [7, 11) is 1.59. The number of benzene rings is 4. The maximum absolute atomic E-state index is 14.9. The largest absolute Gasteiger partial charge is 0.395 e. The third-order valence-electron chi connectivity index (χ3n) is 9.05. The topological polar surface area (TPSA) is 63.6 Å². The molecule has 0 spiro atoms. The van der Waals surface area contributed by atoms with E-state index in [2.05, 4.69) is 0 Å². The molecular weight excluding hydrogens is 448 g/mol. The van der Waals surface area contributed by atoms with Gasteiger partial charge in [0, 0.05) is 18.2 Å². The van der Waals surface area contributed by atoms with Gasteiger partial charge in [-0.15, -0.1) is 0 Å². The van der Waals surface area contributed by atoms with E-state index in [1.165, 1.54) is 0 Å². The third kappa shape index (κ3) is 1.83. The monoisotopic (exact) mass is 472 g/mol. The summed E-state index contributed by atoms with van der Waals surface area (Å²) in [6.45, 7) is -0.325. The first kappa shape index (κ1) is 21.4. The number of Topliss-reactive ketones (excluding diaryl/α,β-unsaturated/α-hetero) is 2. The zero-order chi connectivity index (χ0) is 24.8. The molecule has 3 aliphatic carbocycles. The summed E-state index contributed by atoms with van der Waals surface area (Å²) in [5.74, 6) is -0.345. The van der Waals surface area contributed by atoms with Gasteiger partial charge in [0.15, 0.2) is 11.6 Å². The molecule has 4 aromatic rings. The summed E-state index contributed by atoms with van der Waals surface area (Å²) in [4.78, 5) is 29.8. The van der Waals surface area contributed by atoms with E-state index in [4.69, 9.17) is 4.74 Å². The van der Waals surface area contributed by atoms with Gasteiger partial charge in [0.25, 0.3) is 0 Å². The van der Waals surface area contributed by atoms with E-state index in [0.29, 0.717) is 11.1 Å². The highest BCUT2D eigenvalue weighted by molar-refractivity contribution is 6.23. The van der Waals surface area contributed by atoms with Crippen LogP contribution in [-0.4, -0.2) is 30.4 Å². The van der Waals surface area contributed by atoms with Crippen molar-refractivity contribution in [3.8, 4) is 0 Å². The Kier molecular flexibility index (Phi) is 4.09. The fourth-order valence-corrected chi connectivity index (χ4v) is 8.14. The van der Waals surface area contributed by atoms with Crippen LogP contribution in [0.5, 0.6) is 0 Å². The fraction of sp³-hybridized carbons (Fsp3) is 0.188. The summed E-state index contributed by atoms with van der Waals surface area (Å²) >= 11 is 0. The van der Waals surface area contributed by atoms with Crippen molar-refractivity contribution in [1.29, 1.82) is 0 Å². The van der Waals surface area contributed by atoms with E-state index < -0.39 is 21.8 Å². The normalized spacial score (nSPS) is 30.3. The maximum atomic E-state index is 14.9. The predicted octanol–water partition coefficient (Wildman–Crippen LogP) is 4.84. The third-order valence-corrected chi connectivity index (χ3v) is 9.05. The van der Waals surface area contributed by atoms with Gasteiger partial charge in [-0.2, -0.15) is 0 Å². The molecular formula is C32H24O4. The van der Waals surface area contributed by atoms with Gasteiger partial charge in [-0.05, 0) is 22.3 Å². The van der Waals surface area contributed by atoms with Crippen LogP contribution in [-0.2, 0) is 21.2 Å². The maximum Gasteiger partial charge on any atom is 0.177 e. The standard InChI is InChI=1S/C32H24O4/c1-36-32-26-19-11-9-17-24(26)29(20-33)23-16-8-10-18-25(23)30(32,27(34)21-12-4-2-5-13-21)31(29,32)28(35)22-14-6-3-7-15-22/h2-19,33H,20H2,1H3/t29-,30+,31+,32+/m0/s1. The van der Waals surface area contributed by atoms with Crippen molar-refractivity contribution in [2.24, 2.45) is 5.41 Å². The summed E-state index contributed by atoms with van der Waals surface area (Å²) in [5, 5.41) is 11.4. The molecule has 176 valence electrons. The first-order valence-corrected chi connectivity index (χ1v) is 12.2. The lowest BCUT2D eigenvalue weighted by Gasteiger charge is -2.35. The second-order valence-corrected chi connectivity index (χ2v) is 9.93. The SMILES string of the molecule is CO[C@]12c3ccccc3[C@]3(CO)c4ccccc4[C@@]1(C(=O)c1ccccc1)[C@@]32C(=O)c1ccccc1. The molecule has 36 heavy (non-hydrogen) atoms. The lowest BCUT2D eigenvalue weighted by atomic mass is 9.64. The van der Waals surface area contributed by atoms with Crippen molar-refractivity contribution in [3.63, 3.8) is 0 Å². The van der Waals surface area contributed by atoms with Crippen LogP contribution in [0.25, 0.3) is 0 Å². The molecule has 0 saturated heterocycles. The number of rotatable bonds is 6. The number of ketones is 2. The Balaban J connectivity index is 1.68. The van der Waals surface area contributed by atoms with Gasteiger partial charge in [0.1, 0.15) is 16.4 Å². The molecule has 0 aliphatic heterocycles. The lowest BCUT2D eigenvalue weighted by Crippen LogP contribution is -2.46. The summed E-state index contributed by atoms with van der Waals surface area (Å²) < 4.78 is 6.46.